The van der Waals surface area contributed by atoms with Crippen LogP contribution < -0.4 is 5.56 Å². The number of aromatic amines is 1. The number of pyridine rings is 1. The molecule has 64 valence electrons. The van der Waals surface area contributed by atoms with Crippen LogP contribution in [0.5, 0.6) is 0 Å². The zero-order chi connectivity index (χ0) is 9.10. The second kappa shape index (κ2) is 3.27. The van der Waals surface area contributed by atoms with Gasteiger partial charge in [-0.2, -0.15) is 0 Å². The predicted octanol–water partition coefficient (Wildman–Crippen LogP) is 1.97. The average Bonchev–Trinajstić information content (AvgIpc) is 2.08. The summed E-state index contributed by atoms with van der Waals surface area (Å²) in [5.74, 6) is 0. The summed E-state index contributed by atoms with van der Waals surface area (Å²) >= 11 is 0. The van der Waals surface area contributed by atoms with Crippen LogP contribution in [0.25, 0.3) is 12.2 Å². The SMILES string of the molecule is O=c1ccc2c([nH]1)\C=C/C=C\C=C/2. The first kappa shape index (κ1) is 7.80. The summed E-state index contributed by atoms with van der Waals surface area (Å²) in [4.78, 5) is 13.8. The molecule has 0 unspecified atom stereocenters. The molecule has 1 aliphatic carbocycles. The summed E-state index contributed by atoms with van der Waals surface area (Å²) in [6, 6.07) is 3.34. The fourth-order valence-electron chi connectivity index (χ4n) is 1.22. The maximum absolute atomic E-state index is 11.0. The van der Waals surface area contributed by atoms with Gasteiger partial charge in [-0.05, 0) is 17.7 Å². The summed E-state index contributed by atoms with van der Waals surface area (Å²) < 4.78 is 0. The molecule has 0 bridgehead atoms. The molecular weight excluding hydrogens is 162 g/mol. The smallest absolute Gasteiger partial charge is 0.248 e. The van der Waals surface area contributed by atoms with Gasteiger partial charge in [0.05, 0.1) is 0 Å². The highest BCUT2D eigenvalue weighted by molar-refractivity contribution is 5.64. The van der Waals surface area contributed by atoms with Crippen LogP contribution in [0, 0.1) is 0 Å². The lowest BCUT2D eigenvalue weighted by atomic mass is 10.1. The lowest BCUT2D eigenvalue weighted by Gasteiger charge is -2.00. The lowest BCUT2D eigenvalue weighted by Crippen LogP contribution is -2.05. The molecule has 1 heterocycles. The van der Waals surface area contributed by atoms with Gasteiger partial charge in [-0.3, -0.25) is 4.79 Å². The largest absolute Gasteiger partial charge is 0.322 e. The van der Waals surface area contributed by atoms with Crippen molar-refractivity contribution in [2.24, 2.45) is 0 Å². The maximum Gasteiger partial charge on any atom is 0.248 e. The van der Waals surface area contributed by atoms with Crippen molar-refractivity contribution in [3.8, 4) is 0 Å². The van der Waals surface area contributed by atoms with E-state index < -0.39 is 0 Å². The van der Waals surface area contributed by atoms with Crippen molar-refractivity contribution in [2.75, 3.05) is 0 Å². The van der Waals surface area contributed by atoms with Crippen LogP contribution >= 0.6 is 0 Å². The van der Waals surface area contributed by atoms with Gasteiger partial charge in [-0.1, -0.05) is 30.4 Å². The molecule has 1 aliphatic rings. The Balaban J connectivity index is 2.62. The first-order valence-electron chi connectivity index (χ1n) is 4.11. The van der Waals surface area contributed by atoms with Crippen LogP contribution in [0.4, 0.5) is 0 Å². The summed E-state index contributed by atoms with van der Waals surface area (Å²) in [5, 5.41) is 0. The van der Waals surface area contributed by atoms with Gasteiger partial charge in [-0.25, -0.2) is 0 Å². The van der Waals surface area contributed by atoms with E-state index in [-0.39, 0.29) is 5.56 Å². The quantitative estimate of drug-likeness (QED) is 0.636. The van der Waals surface area contributed by atoms with Gasteiger partial charge < -0.3 is 4.98 Å². The molecule has 0 saturated carbocycles. The second-order valence-corrected chi connectivity index (χ2v) is 2.79. The normalized spacial score (nSPS) is 20.9. The zero-order valence-corrected chi connectivity index (χ0v) is 7.03. The van der Waals surface area contributed by atoms with E-state index in [1.165, 1.54) is 6.07 Å². The third-order valence-electron chi connectivity index (χ3n) is 1.86. The van der Waals surface area contributed by atoms with Crippen LogP contribution in [-0.4, -0.2) is 4.98 Å². The van der Waals surface area contributed by atoms with Crippen molar-refractivity contribution < 1.29 is 0 Å². The second-order valence-electron chi connectivity index (χ2n) is 2.79. The highest BCUT2D eigenvalue weighted by Gasteiger charge is 1.96. The Hall–Kier alpha value is -1.83. The van der Waals surface area contributed by atoms with E-state index in [0.717, 1.165) is 11.3 Å². The molecule has 0 spiro atoms. The van der Waals surface area contributed by atoms with E-state index in [4.69, 9.17) is 0 Å². The van der Waals surface area contributed by atoms with Crippen molar-refractivity contribution in [1.29, 1.82) is 0 Å². The highest BCUT2D eigenvalue weighted by Crippen LogP contribution is 2.09. The summed E-state index contributed by atoms with van der Waals surface area (Å²) in [5.41, 5.74) is 1.81. The Morgan fingerprint density at radius 2 is 1.69 bits per heavy atom. The zero-order valence-electron chi connectivity index (χ0n) is 7.03. The van der Waals surface area contributed by atoms with Crippen molar-refractivity contribution in [1.82, 2.24) is 4.98 Å². The molecule has 13 heavy (non-hydrogen) atoms. The van der Waals surface area contributed by atoms with Crippen LogP contribution in [0.3, 0.4) is 0 Å². The maximum atomic E-state index is 11.0. The third-order valence-corrected chi connectivity index (χ3v) is 1.86. The number of nitrogens with one attached hydrogen (secondary N) is 1. The molecule has 0 atom stereocenters. The number of allylic oxidation sites excluding steroid dienone is 4. The molecule has 2 rings (SSSR count). The Labute approximate surface area is 75.9 Å². The Morgan fingerprint density at radius 1 is 0.923 bits per heavy atom. The van der Waals surface area contributed by atoms with Crippen molar-refractivity contribution >= 4 is 12.2 Å². The number of hydrogen-bond acceptors (Lipinski definition) is 1. The first-order valence-corrected chi connectivity index (χ1v) is 4.11. The Morgan fingerprint density at radius 3 is 2.54 bits per heavy atom. The number of hydrogen-bond donors (Lipinski definition) is 1. The van der Waals surface area contributed by atoms with E-state index in [0.29, 0.717) is 0 Å². The Bertz CT molecular complexity index is 449. The van der Waals surface area contributed by atoms with E-state index in [2.05, 4.69) is 4.98 Å². The molecule has 1 N–H and O–H groups in total. The van der Waals surface area contributed by atoms with Crippen molar-refractivity contribution in [2.45, 2.75) is 0 Å². The minimum Gasteiger partial charge on any atom is -0.322 e. The average molecular weight is 171 g/mol. The molecule has 2 heteroatoms. The fraction of sp³-hybridized carbons (Fsp3) is 0. The van der Waals surface area contributed by atoms with Gasteiger partial charge in [0.25, 0.3) is 0 Å². The van der Waals surface area contributed by atoms with E-state index in [9.17, 15) is 4.79 Å². The van der Waals surface area contributed by atoms with Gasteiger partial charge in [-0.15, -0.1) is 0 Å². The topological polar surface area (TPSA) is 32.9 Å². The molecule has 1 aromatic heterocycles. The van der Waals surface area contributed by atoms with Gasteiger partial charge >= 0.3 is 0 Å². The summed E-state index contributed by atoms with van der Waals surface area (Å²) in [7, 11) is 0. The van der Waals surface area contributed by atoms with Gasteiger partial charge in [0.15, 0.2) is 0 Å². The Kier molecular flexibility index (Phi) is 1.96. The third kappa shape index (κ3) is 1.67. The predicted molar refractivity (Wildman–Crippen MR) is 54.3 cm³/mol. The molecule has 0 aliphatic heterocycles. The number of aromatic nitrogens is 1. The number of fused-ring (bicyclic) bond motifs is 1. The molecule has 0 amide bonds. The van der Waals surface area contributed by atoms with Gasteiger partial charge in [0.2, 0.25) is 5.56 Å². The standard InChI is InChI=1S/C11H9NO/c13-11-8-7-9-5-3-1-2-4-6-10(9)12-11/h1-8H,(H,12,13)/b2-1-,3-1?,4-2?,5-3-,6-4-,9-5?,10-6?. The van der Waals surface area contributed by atoms with Crippen LogP contribution in [0.1, 0.15) is 11.3 Å². The molecule has 0 radical (unpaired) electrons. The van der Waals surface area contributed by atoms with Gasteiger partial charge in [0.1, 0.15) is 0 Å². The fourth-order valence-corrected chi connectivity index (χ4v) is 1.22. The first-order chi connectivity index (χ1) is 6.36. The molecule has 1 aromatic rings. The monoisotopic (exact) mass is 171 g/mol. The lowest BCUT2D eigenvalue weighted by molar-refractivity contribution is 1.20. The summed E-state index contributed by atoms with van der Waals surface area (Å²) in [6.07, 6.45) is 11.6. The molecule has 0 fully saturated rings. The number of H-pyrrole nitrogens is 1. The molecular formula is C11H9NO. The van der Waals surface area contributed by atoms with E-state index >= 15 is 0 Å². The minimum absolute atomic E-state index is 0.0682. The van der Waals surface area contributed by atoms with Crippen LogP contribution in [0.2, 0.25) is 0 Å². The molecule has 0 aromatic carbocycles. The van der Waals surface area contributed by atoms with Crippen LogP contribution in [-0.2, 0) is 0 Å². The van der Waals surface area contributed by atoms with Gasteiger partial charge in [0, 0.05) is 11.8 Å². The van der Waals surface area contributed by atoms with Crippen LogP contribution in [0.15, 0.2) is 41.2 Å². The van der Waals surface area contributed by atoms with Crippen molar-refractivity contribution in [3.05, 3.63) is 58.0 Å². The van der Waals surface area contributed by atoms with E-state index in [1.807, 2.05) is 42.5 Å². The molecule has 0 saturated heterocycles. The minimum atomic E-state index is -0.0682. The molecule has 2 nitrogen and oxygen atoms in total. The number of rotatable bonds is 0. The van der Waals surface area contributed by atoms with Crippen molar-refractivity contribution in [3.63, 3.8) is 0 Å². The summed E-state index contributed by atoms with van der Waals surface area (Å²) in [6.45, 7) is 0. The highest BCUT2D eigenvalue weighted by atomic mass is 16.1. The van der Waals surface area contributed by atoms with E-state index in [1.54, 1.807) is 0 Å².